The van der Waals surface area contributed by atoms with Gasteiger partial charge in [-0.15, -0.1) is 0 Å². The second-order valence-corrected chi connectivity index (χ2v) is 8.85. The van der Waals surface area contributed by atoms with E-state index in [1.54, 1.807) is 12.3 Å². The van der Waals surface area contributed by atoms with Gasteiger partial charge in [0, 0.05) is 24.2 Å². The van der Waals surface area contributed by atoms with Crippen molar-refractivity contribution in [1.82, 2.24) is 14.6 Å². The van der Waals surface area contributed by atoms with Crippen LogP contribution in [0.3, 0.4) is 0 Å². The highest BCUT2D eigenvalue weighted by molar-refractivity contribution is 8.01. The number of aliphatic hydroxyl groups is 1. The van der Waals surface area contributed by atoms with E-state index in [9.17, 15) is 10.4 Å². The molecular weight excluding hydrogens is 394 g/mol. The van der Waals surface area contributed by atoms with Gasteiger partial charge in [0.25, 0.3) is 0 Å². The number of rotatable bonds is 4. The van der Waals surface area contributed by atoms with E-state index >= 15 is 0 Å². The molecule has 1 aromatic heterocycles. The second-order valence-electron chi connectivity index (χ2n) is 7.43. The molecule has 146 valence electrons. The normalized spacial score (nSPS) is 25.6. The van der Waals surface area contributed by atoms with Crippen molar-refractivity contribution in [1.29, 1.82) is 5.26 Å². The molecule has 2 aromatic rings. The zero-order valence-electron chi connectivity index (χ0n) is 15.7. The molecule has 3 heterocycles. The van der Waals surface area contributed by atoms with Crippen LogP contribution in [-0.4, -0.2) is 39.8 Å². The molecule has 0 bridgehead atoms. The van der Waals surface area contributed by atoms with Gasteiger partial charge in [-0.3, -0.25) is 4.98 Å². The number of fused-ring (bicyclic) bond motifs is 1. The number of aliphatic hydroxyl groups excluding tert-OH is 1. The van der Waals surface area contributed by atoms with Crippen LogP contribution in [0.2, 0.25) is 5.02 Å². The Morgan fingerprint density at radius 3 is 2.96 bits per heavy atom. The molecule has 6 nitrogen and oxygen atoms in total. The highest BCUT2D eigenvalue weighted by atomic mass is 35.5. The topological polar surface area (TPSA) is 84.2 Å². The first-order valence-electron chi connectivity index (χ1n) is 9.31. The SMILES string of the molecule is CC(C)[C@@H]1CNC[C@H]1N1SC(Nc2c(Cl)ccc3ncccc23)=C(C#N)C1O. The Labute approximate surface area is 173 Å². The van der Waals surface area contributed by atoms with Gasteiger partial charge in [-0.25, -0.2) is 4.31 Å². The molecule has 0 radical (unpaired) electrons. The Balaban J connectivity index is 1.66. The molecule has 1 aromatic carbocycles. The summed E-state index contributed by atoms with van der Waals surface area (Å²) >= 11 is 7.84. The third-order valence-electron chi connectivity index (χ3n) is 5.44. The summed E-state index contributed by atoms with van der Waals surface area (Å²) in [6, 6.07) is 9.76. The number of nitrogens with one attached hydrogen (secondary N) is 2. The van der Waals surface area contributed by atoms with Crippen LogP contribution in [0, 0.1) is 23.2 Å². The van der Waals surface area contributed by atoms with Crippen LogP contribution in [0.1, 0.15) is 13.8 Å². The number of nitriles is 1. The molecule has 0 aliphatic carbocycles. The van der Waals surface area contributed by atoms with E-state index in [0.29, 0.717) is 33.1 Å². The van der Waals surface area contributed by atoms with Crippen LogP contribution in [-0.2, 0) is 0 Å². The Kier molecular flexibility index (Phi) is 5.50. The molecule has 8 heteroatoms. The molecule has 2 aliphatic rings. The lowest BCUT2D eigenvalue weighted by atomic mass is 9.91. The fourth-order valence-corrected chi connectivity index (χ4v) is 5.30. The molecule has 3 atom stereocenters. The van der Waals surface area contributed by atoms with Crippen LogP contribution in [0.15, 0.2) is 41.1 Å². The summed E-state index contributed by atoms with van der Waals surface area (Å²) in [6.45, 7) is 6.09. The van der Waals surface area contributed by atoms with Crippen molar-refractivity contribution in [3.63, 3.8) is 0 Å². The Morgan fingerprint density at radius 1 is 1.39 bits per heavy atom. The molecule has 1 fully saturated rings. The first-order valence-corrected chi connectivity index (χ1v) is 10.5. The van der Waals surface area contributed by atoms with Gasteiger partial charge in [0.2, 0.25) is 0 Å². The number of nitrogens with zero attached hydrogens (tertiary/aromatic N) is 3. The van der Waals surface area contributed by atoms with Crippen LogP contribution >= 0.6 is 23.5 Å². The van der Waals surface area contributed by atoms with Crippen LogP contribution in [0.25, 0.3) is 10.9 Å². The van der Waals surface area contributed by atoms with Gasteiger partial charge < -0.3 is 15.7 Å². The lowest BCUT2D eigenvalue weighted by Crippen LogP contribution is -2.42. The average molecular weight is 416 g/mol. The lowest BCUT2D eigenvalue weighted by molar-refractivity contribution is 0.0712. The van der Waals surface area contributed by atoms with Crippen molar-refractivity contribution < 1.29 is 5.11 Å². The van der Waals surface area contributed by atoms with Crippen molar-refractivity contribution in [2.45, 2.75) is 26.1 Å². The fourth-order valence-electron chi connectivity index (χ4n) is 3.91. The minimum atomic E-state index is -0.949. The van der Waals surface area contributed by atoms with E-state index in [2.05, 4.69) is 35.5 Å². The zero-order chi connectivity index (χ0) is 19.8. The van der Waals surface area contributed by atoms with Gasteiger partial charge in [-0.2, -0.15) is 5.26 Å². The van der Waals surface area contributed by atoms with Crippen molar-refractivity contribution >= 4 is 40.1 Å². The average Bonchev–Trinajstić information content (AvgIpc) is 3.28. The first-order chi connectivity index (χ1) is 13.5. The smallest absolute Gasteiger partial charge is 0.155 e. The van der Waals surface area contributed by atoms with E-state index in [4.69, 9.17) is 11.6 Å². The molecule has 28 heavy (non-hydrogen) atoms. The van der Waals surface area contributed by atoms with E-state index in [-0.39, 0.29) is 6.04 Å². The quantitative estimate of drug-likeness (QED) is 0.658. The summed E-state index contributed by atoms with van der Waals surface area (Å²) in [5.74, 6) is 0.890. The van der Waals surface area contributed by atoms with E-state index < -0.39 is 6.23 Å². The number of pyridine rings is 1. The maximum atomic E-state index is 10.9. The second kappa shape index (κ2) is 7.90. The summed E-state index contributed by atoms with van der Waals surface area (Å²) in [5.41, 5.74) is 1.83. The van der Waals surface area contributed by atoms with Gasteiger partial charge in [-0.05, 0) is 54.6 Å². The van der Waals surface area contributed by atoms with Crippen LogP contribution in [0.4, 0.5) is 5.69 Å². The summed E-state index contributed by atoms with van der Waals surface area (Å²) in [5, 5.41) is 29.3. The van der Waals surface area contributed by atoms with Crippen molar-refractivity contribution in [3.05, 3.63) is 46.1 Å². The summed E-state index contributed by atoms with van der Waals surface area (Å²) in [4.78, 5) is 4.36. The largest absolute Gasteiger partial charge is 0.372 e. The first kappa shape index (κ1) is 19.5. The fraction of sp³-hybridized carbons (Fsp3) is 0.400. The molecule has 1 saturated heterocycles. The highest BCUT2D eigenvalue weighted by Crippen LogP contribution is 2.43. The number of hydrogen-bond donors (Lipinski definition) is 3. The summed E-state index contributed by atoms with van der Waals surface area (Å²) in [7, 11) is 0. The molecule has 4 rings (SSSR count). The molecule has 0 amide bonds. The predicted octanol–water partition coefficient (Wildman–Crippen LogP) is 3.56. The molecule has 1 unspecified atom stereocenters. The van der Waals surface area contributed by atoms with Gasteiger partial charge in [0.15, 0.2) is 6.23 Å². The molecular formula is C20H22ClN5OS. The number of aromatic nitrogens is 1. The number of hydrogen-bond acceptors (Lipinski definition) is 7. The van der Waals surface area contributed by atoms with E-state index in [1.807, 2.05) is 22.5 Å². The zero-order valence-corrected chi connectivity index (χ0v) is 17.3. The third-order valence-corrected chi connectivity index (χ3v) is 6.95. The van der Waals surface area contributed by atoms with Crippen molar-refractivity contribution in [2.75, 3.05) is 18.4 Å². The number of anilines is 1. The van der Waals surface area contributed by atoms with E-state index in [0.717, 1.165) is 24.0 Å². The van der Waals surface area contributed by atoms with Crippen LogP contribution in [0.5, 0.6) is 0 Å². The van der Waals surface area contributed by atoms with Crippen molar-refractivity contribution in [3.8, 4) is 6.07 Å². The van der Waals surface area contributed by atoms with Gasteiger partial charge >= 0.3 is 0 Å². The monoisotopic (exact) mass is 415 g/mol. The lowest BCUT2D eigenvalue weighted by Gasteiger charge is -2.32. The molecule has 2 aliphatic heterocycles. The predicted molar refractivity (Wildman–Crippen MR) is 113 cm³/mol. The standard InChI is InChI=1S/C20H22ClN5OS/c1-11(2)14-9-23-10-17(14)26-20(27)13(8-22)19(28-26)25-18-12-4-3-7-24-16(12)6-5-15(18)21/h3-7,11,14,17,20,23,25,27H,9-10H2,1-2H3/t14-,17+,20?/m0/s1. The molecule has 0 saturated carbocycles. The molecule has 3 N–H and O–H groups in total. The molecule has 0 spiro atoms. The minimum Gasteiger partial charge on any atom is -0.372 e. The van der Waals surface area contributed by atoms with Gasteiger partial charge in [0.1, 0.15) is 16.7 Å². The Hall–Kier alpha value is -1.82. The third kappa shape index (κ3) is 3.36. The van der Waals surface area contributed by atoms with Crippen molar-refractivity contribution in [2.24, 2.45) is 11.8 Å². The Morgan fingerprint density at radius 2 is 2.21 bits per heavy atom. The van der Waals surface area contributed by atoms with E-state index in [1.165, 1.54) is 11.9 Å². The van der Waals surface area contributed by atoms with Crippen LogP contribution < -0.4 is 10.6 Å². The highest BCUT2D eigenvalue weighted by Gasteiger charge is 2.43. The number of halogens is 1. The summed E-state index contributed by atoms with van der Waals surface area (Å²) < 4.78 is 1.93. The minimum absolute atomic E-state index is 0.146. The maximum absolute atomic E-state index is 10.9. The van der Waals surface area contributed by atoms with Gasteiger partial charge in [-0.1, -0.05) is 25.4 Å². The number of benzene rings is 1. The Bertz CT molecular complexity index is 973. The van der Waals surface area contributed by atoms with Gasteiger partial charge in [0.05, 0.1) is 16.2 Å². The summed E-state index contributed by atoms with van der Waals surface area (Å²) in [6.07, 6.45) is 0.783. The maximum Gasteiger partial charge on any atom is 0.155 e.